The van der Waals surface area contributed by atoms with Crippen molar-refractivity contribution in [2.24, 2.45) is 0 Å². The lowest BCUT2D eigenvalue weighted by atomic mass is 10.1. The minimum atomic E-state index is 0.0500. The first-order valence-electron chi connectivity index (χ1n) is 6.84. The molecule has 0 unspecified atom stereocenters. The van der Waals surface area contributed by atoms with E-state index in [9.17, 15) is 4.79 Å². The van der Waals surface area contributed by atoms with Gasteiger partial charge in [0.15, 0.2) is 0 Å². The highest BCUT2D eigenvalue weighted by atomic mass is 16.1. The van der Waals surface area contributed by atoms with E-state index in [2.05, 4.69) is 16.7 Å². The molecule has 1 aliphatic heterocycles. The normalized spacial score (nSPS) is 16.7. The van der Waals surface area contributed by atoms with Gasteiger partial charge in [0.25, 0.3) is 0 Å². The molecule has 1 aliphatic rings. The minimum absolute atomic E-state index is 0.0500. The smallest absolute Gasteiger partial charge is 0.227 e. The van der Waals surface area contributed by atoms with Gasteiger partial charge in [0.1, 0.15) is 0 Å². The molecule has 100 valence electrons. The lowest BCUT2D eigenvalue weighted by Gasteiger charge is -2.25. The summed E-state index contributed by atoms with van der Waals surface area (Å²) < 4.78 is 1.70. The number of carbonyl (C=O) groups is 1. The Balaban J connectivity index is 1.93. The first kappa shape index (κ1) is 12.2. The monoisotopic (exact) mass is 257 g/mol. The van der Waals surface area contributed by atoms with Gasteiger partial charge in [0.2, 0.25) is 5.91 Å². The number of hydrogen-bond donors (Lipinski definition) is 2. The van der Waals surface area contributed by atoms with Gasteiger partial charge in [-0.25, -0.2) is 0 Å². The van der Waals surface area contributed by atoms with Gasteiger partial charge in [-0.3, -0.25) is 9.36 Å². The number of carbonyl (C=O) groups excluding carboxylic acids is 1. The second-order valence-electron chi connectivity index (χ2n) is 5.11. The average Bonchev–Trinajstić information content (AvgIpc) is 2.85. The van der Waals surface area contributed by atoms with Crippen molar-refractivity contribution in [1.82, 2.24) is 9.88 Å². The predicted octanol–water partition coefficient (Wildman–Crippen LogP) is 2.47. The summed E-state index contributed by atoms with van der Waals surface area (Å²) in [6.45, 7) is 3.73. The Kier molecular flexibility index (Phi) is 3.25. The molecule has 1 aromatic heterocycles. The molecule has 4 heteroatoms. The first-order valence-corrected chi connectivity index (χ1v) is 6.84. The molecule has 0 atom stereocenters. The maximum absolute atomic E-state index is 11.6. The number of anilines is 1. The molecule has 19 heavy (non-hydrogen) atoms. The van der Waals surface area contributed by atoms with Gasteiger partial charge < -0.3 is 10.6 Å². The van der Waals surface area contributed by atoms with E-state index in [4.69, 9.17) is 0 Å². The molecule has 4 nitrogen and oxygen atoms in total. The molecule has 0 radical (unpaired) electrons. The minimum Gasteiger partial charge on any atom is -0.382 e. The Bertz CT molecular complexity index is 596. The highest BCUT2D eigenvalue weighted by Gasteiger charge is 2.14. The van der Waals surface area contributed by atoms with Crippen LogP contribution in [0.3, 0.4) is 0 Å². The zero-order valence-electron chi connectivity index (χ0n) is 11.1. The first-order chi connectivity index (χ1) is 9.25. The summed E-state index contributed by atoms with van der Waals surface area (Å²) in [5.41, 5.74) is 2.11. The summed E-state index contributed by atoms with van der Waals surface area (Å²) in [4.78, 5) is 11.6. The maximum atomic E-state index is 11.6. The SMILES string of the molecule is CC(=O)n1ccc2c(NC3CCNCC3)cccc21. The number of aromatic nitrogens is 1. The summed E-state index contributed by atoms with van der Waals surface area (Å²) >= 11 is 0. The van der Waals surface area contributed by atoms with E-state index in [-0.39, 0.29) is 5.91 Å². The van der Waals surface area contributed by atoms with E-state index >= 15 is 0 Å². The molecule has 1 saturated heterocycles. The Morgan fingerprint density at radius 1 is 1.32 bits per heavy atom. The number of nitrogens with one attached hydrogen (secondary N) is 2. The largest absolute Gasteiger partial charge is 0.382 e. The van der Waals surface area contributed by atoms with Crippen molar-refractivity contribution < 1.29 is 4.79 Å². The zero-order valence-corrected chi connectivity index (χ0v) is 11.1. The van der Waals surface area contributed by atoms with Crippen molar-refractivity contribution >= 4 is 22.5 Å². The van der Waals surface area contributed by atoms with Crippen LogP contribution in [0.15, 0.2) is 30.5 Å². The van der Waals surface area contributed by atoms with E-state index in [0.717, 1.165) is 42.5 Å². The standard InChI is InChI=1S/C15H19N3O/c1-11(19)18-10-7-13-14(3-2-4-15(13)18)17-12-5-8-16-9-6-12/h2-4,7,10,12,16-17H,5-6,8-9H2,1H3. The van der Waals surface area contributed by atoms with Crippen LogP contribution in [0.2, 0.25) is 0 Å². The number of piperidine rings is 1. The van der Waals surface area contributed by atoms with Crippen LogP contribution >= 0.6 is 0 Å². The lowest BCUT2D eigenvalue weighted by Crippen LogP contribution is -2.35. The fraction of sp³-hybridized carbons (Fsp3) is 0.400. The Labute approximate surface area is 112 Å². The fourth-order valence-electron chi connectivity index (χ4n) is 2.75. The topological polar surface area (TPSA) is 46.1 Å². The Hall–Kier alpha value is -1.81. The molecular weight excluding hydrogens is 238 g/mol. The van der Waals surface area contributed by atoms with E-state index in [1.54, 1.807) is 11.5 Å². The molecule has 0 saturated carbocycles. The van der Waals surface area contributed by atoms with E-state index in [0.29, 0.717) is 6.04 Å². The molecule has 2 N–H and O–H groups in total. The number of fused-ring (bicyclic) bond motifs is 1. The molecule has 3 rings (SSSR count). The fourth-order valence-corrected chi connectivity index (χ4v) is 2.75. The molecule has 0 bridgehead atoms. The van der Waals surface area contributed by atoms with Crippen molar-refractivity contribution in [3.05, 3.63) is 30.5 Å². The van der Waals surface area contributed by atoms with Gasteiger partial charge in [-0.1, -0.05) is 6.07 Å². The van der Waals surface area contributed by atoms with Crippen LogP contribution in [0.1, 0.15) is 24.6 Å². The second-order valence-corrected chi connectivity index (χ2v) is 5.11. The Morgan fingerprint density at radius 3 is 2.84 bits per heavy atom. The summed E-state index contributed by atoms with van der Waals surface area (Å²) in [5, 5.41) is 8.10. The lowest BCUT2D eigenvalue weighted by molar-refractivity contribution is 0.0941. The van der Waals surface area contributed by atoms with Gasteiger partial charge in [-0.05, 0) is 44.1 Å². The third-order valence-corrected chi connectivity index (χ3v) is 3.77. The highest BCUT2D eigenvalue weighted by molar-refractivity contribution is 5.98. The molecule has 2 heterocycles. The van der Waals surface area contributed by atoms with Crippen LogP contribution in [-0.4, -0.2) is 29.6 Å². The summed E-state index contributed by atoms with van der Waals surface area (Å²) in [7, 11) is 0. The van der Waals surface area contributed by atoms with Crippen LogP contribution < -0.4 is 10.6 Å². The van der Waals surface area contributed by atoms with Gasteiger partial charge in [-0.2, -0.15) is 0 Å². The van der Waals surface area contributed by atoms with Crippen molar-refractivity contribution in [3.8, 4) is 0 Å². The molecular formula is C15H19N3O. The van der Waals surface area contributed by atoms with Crippen LogP contribution in [0.4, 0.5) is 5.69 Å². The quantitative estimate of drug-likeness (QED) is 0.868. The molecule has 1 aromatic carbocycles. The van der Waals surface area contributed by atoms with Crippen molar-refractivity contribution in [2.75, 3.05) is 18.4 Å². The Morgan fingerprint density at radius 2 is 2.11 bits per heavy atom. The summed E-state index contributed by atoms with van der Waals surface area (Å²) in [6, 6.07) is 8.62. The van der Waals surface area contributed by atoms with E-state index in [1.165, 1.54) is 0 Å². The molecule has 0 amide bonds. The van der Waals surface area contributed by atoms with Crippen molar-refractivity contribution in [2.45, 2.75) is 25.8 Å². The van der Waals surface area contributed by atoms with Gasteiger partial charge in [0, 0.05) is 30.2 Å². The number of benzene rings is 1. The van der Waals surface area contributed by atoms with Crippen LogP contribution in [-0.2, 0) is 0 Å². The zero-order chi connectivity index (χ0) is 13.2. The maximum Gasteiger partial charge on any atom is 0.227 e. The van der Waals surface area contributed by atoms with Gasteiger partial charge in [-0.15, -0.1) is 0 Å². The predicted molar refractivity (Wildman–Crippen MR) is 77.8 cm³/mol. The average molecular weight is 257 g/mol. The van der Waals surface area contributed by atoms with E-state index < -0.39 is 0 Å². The van der Waals surface area contributed by atoms with Gasteiger partial charge >= 0.3 is 0 Å². The third-order valence-electron chi connectivity index (χ3n) is 3.77. The van der Waals surface area contributed by atoms with Crippen LogP contribution in [0.25, 0.3) is 10.9 Å². The number of hydrogen-bond acceptors (Lipinski definition) is 3. The summed E-state index contributed by atoms with van der Waals surface area (Å²) in [6.07, 6.45) is 4.13. The number of rotatable bonds is 2. The summed E-state index contributed by atoms with van der Waals surface area (Å²) in [5.74, 6) is 0.0500. The van der Waals surface area contributed by atoms with Crippen LogP contribution in [0, 0.1) is 0 Å². The van der Waals surface area contributed by atoms with Crippen molar-refractivity contribution in [3.63, 3.8) is 0 Å². The highest BCUT2D eigenvalue weighted by Crippen LogP contribution is 2.26. The molecule has 0 spiro atoms. The number of nitrogens with zero attached hydrogens (tertiary/aromatic N) is 1. The second kappa shape index (κ2) is 5.05. The van der Waals surface area contributed by atoms with Gasteiger partial charge in [0.05, 0.1) is 5.52 Å². The van der Waals surface area contributed by atoms with Crippen molar-refractivity contribution in [1.29, 1.82) is 0 Å². The molecule has 1 fully saturated rings. The molecule has 0 aliphatic carbocycles. The third kappa shape index (κ3) is 2.36. The molecule has 2 aromatic rings. The van der Waals surface area contributed by atoms with E-state index in [1.807, 2.05) is 24.4 Å². The van der Waals surface area contributed by atoms with Crippen LogP contribution in [0.5, 0.6) is 0 Å².